The molecule has 0 spiro atoms. The van der Waals surface area contributed by atoms with Gasteiger partial charge in [-0.2, -0.15) is 0 Å². The van der Waals surface area contributed by atoms with Crippen molar-refractivity contribution in [3.8, 4) is 0 Å². The summed E-state index contributed by atoms with van der Waals surface area (Å²) in [6.07, 6.45) is 3.83. The first-order valence-electron chi connectivity index (χ1n) is 5.07. The van der Waals surface area contributed by atoms with Gasteiger partial charge in [-0.15, -0.1) is 0 Å². The third kappa shape index (κ3) is 6.03. The predicted molar refractivity (Wildman–Crippen MR) is 54.5 cm³/mol. The van der Waals surface area contributed by atoms with Gasteiger partial charge in [0.15, 0.2) is 0 Å². The Morgan fingerprint density at radius 3 is 2.73 bits per heavy atom. The van der Waals surface area contributed by atoms with E-state index in [1.807, 2.05) is 5.43 Å². The van der Waals surface area contributed by atoms with Crippen molar-refractivity contribution >= 4 is 12.3 Å². The molecule has 0 rings (SSSR count). The second-order valence-electron chi connectivity index (χ2n) is 3.43. The molecule has 1 atom stereocenters. The molecule has 0 saturated carbocycles. The first-order chi connectivity index (χ1) is 7.15. The highest BCUT2D eigenvalue weighted by Crippen LogP contribution is 2.10. The standard InChI is InChI=1S/C9H19N3O3/c1-2-3-4-5-8(9(14)11-10)6-12(15)7-13/h7-8,15H,2-6,10H2,1H3,(H,11,14)/t8-/m0/s1. The van der Waals surface area contributed by atoms with Crippen LogP contribution < -0.4 is 11.3 Å². The number of unbranched alkanes of at least 4 members (excludes halogenated alkanes) is 2. The number of hydrazine groups is 1. The lowest BCUT2D eigenvalue weighted by atomic mass is 10.0. The fourth-order valence-corrected chi connectivity index (χ4v) is 1.33. The summed E-state index contributed by atoms with van der Waals surface area (Å²) in [5.74, 6) is 4.20. The molecule has 6 heteroatoms. The molecule has 6 nitrogen and oxygen atoms in total. The van der Waals surface area contributed by atoms with Crippen LogP contribution in [0.1, 0.15) is 32.6 Å². The number of carbonyl (C=O) groups excluding carboxylic acids is 2. The van der Waals surface area contributed by atoms with Gasteiger partial charge in [-0.05, 0) is 6.42 Å². The number of carbonyl (C=O) groups is 2. The van der Waals surface area contributed by atoms with E-state index in [0.29, 0.717) is 11.5 Å². The van der Waals surface area contributed by atoms with E-state index in [4.69, 9.17) is 11.0 Å². The van der Waals surface area contributed by atoms with Crippen molar-refractivity contribution in [2.75, 3.05) is 6.54 Å². The Morgan fingerprint density at radius 1 is 1.60 bits per heavy atom. The normalized spacial score (nSPS) is 11.9. The molecule has 4 N–H and O–H groups in total. The Kier molecular flexibility index (Phi) is 7.57. The summed E-state index contributed by atoms with van der Waals surface area (Å²) in [5.41, 5.74) is 2.03. The van der Waals surface area contributed by atoms with Crippen LogP contribution in [0.5, 0.6) is 0 Å². The van der Waals surface area contributed by atoms with Gasteiger partial charge in [0, 0.05) is 0 Å². The Labute approximate surface area is 89.3 Å². The van der Waals surface area contributed by atoms with Crippen molar-refractivity contribution in [2.24, 2.45) is 11.8 Å². The number of rotatable bonds is 8. The van der Waals surface area contributed by atoms with Crippen molar-refractivity contribution in [3.05, 3.63) is 0 Å². The van der Waals surface area contributed by atoms with E-state index >= 15 is 0 Å². The Morgan fingerprint density at radius 2 is 2.27 bits per heavy atom. The van der Waals surface area contributed by atoms with Crippen molar-refractivity contribution in [1.82, 2.24) is 10.5 Å². The predicted octanol–water partition coefficient (Wildman–Crippen LogP) is 0.0204. The minimum atomic E-state index is -0.447. The van der Waals surface area contributed by atoms with Crippen LogP contribution in [0.25, 0.3) is 0 Å². The lowest BCUT2D eigenvalue weighted by Crippen LogP contribution is -2.40. The molecule has 0 saturated heterocycles. The molecule has 0 heterocycles. The van der Waals surface area contributed by atoms with E-state index in [0.717, 1.165) is 19.3 Å². The topological polar surface area (TPSA) is 95.7 Å². The molecular weight excluding hydrogens is 198 g/mol. The number of hydrogen-bond acceptors (Lipinski definition) is 4. The van der Waals surface area contributed by atoms with E-state index in [1.54, 1.807) is 0 Å². The van der Waals surface area contributed by atoms with Crippen LogP contribution in [0.4, 0.5) is 0 Å². The van der Waals surface area contributed by atoms with Crippen LogP contribution in [0, 0.1) is 5.92 Å². The van der Waals surface area contributed by atoms with Crippen LogP contribution in [-0.4, -0.2) is 29.1 Å². The molecule has 15 heavy (non-hydrogen) atoms. The summed E-state index contributed by atoms with van der Waals surface area (Å²) in [6, 6.07) is 0. The maximum atomic E-state index is 11.3. The Balaban J connectivity index is 4.06. The van der Waals surface area contributed by atoms with Gasteiger partial charge in [-0.1, -0.05) is 26.2 Å². The Bertz CT molecular complexity index is 199. The molecule has 0 aromatic rings. The smallest absolute Gasteiger partial charge is 0.238 e. The van der Waals surface area contributed by atoms with Crippen LogP contribution in [-0.2, 0) is 9.59 Å². The number of hydrogen-bond donors (Lipinski definition) is 3. The number of nitrogens with zero attached hydrogens (tertiary/aromatic N) is 1. The quantitative estimate of drug-likeness (QED) is 0.133. The molecule has 0 radical (unpaired) electrons. The summed E-state index contributed by atoms with van der Waals surface area (Å²) in [6.45, 7) is 2.04. The van der Waals surface area contributed by atoms with Crippen LogP contribution in [0.3, 0.4) is 0 Å². The summed E-state index contributed by atoms with van der Waals surface area (Å²) < 4.78 is 0. The third-order valence-corrected chi connectivity index (χ3v) is 2.20. The van der Waals surface area contributed by atoms with Crippen molar-refractivity contribution in [3.63, 3.8) is 0 Å². The van der Waals surface area contributed by atoms with Gasteiger partial charge >= 0.3 is 0 Å². The lowest BCUT2D eigenvalue weighted by molar-refractivity contribution is -0.154. The minimum absolute atomic E-state index is 0.0176. The SMILES string of the molecule is CCCCC[C@@H](CN(O)C=O)C(=O)NN. The molecule has 0 aromatic carbocycles. The first-order valence-corrected chi connectivity index (χ1v) is 5.07. The highest BCUT2D eigenvalue weighted by atomic mass is 16.5. The lowest BCUT2D eigenvalue weighted by Gasteiger charge is -2.17. The van der Waals surface area contributed by atoms with Gasteiger partial charge in [0.05, 0.1) is 12.5 Å². The second kappa shape index (κ2) is 8.19. The number of amides is 2. The fourth-order valence-electron chi connectivity index (χ4n) is 1.33. The minimum Gasteiger partial charge on any atom is -0.294 e. The summed E-state index contributed by atoms with van der Waals surface area (Å²) >= 11 is 0. The van der Waals surface area contributed by atoms with Crippen LogP contribution in [0.15, 0.2) is 0 Å². The molecule has 0 aromatic heterocycles. The van der Waals surface area contributed by atoms with E-state index in [-0.39, 0.29) is 18.9 Å². The third-order valence-electron chi connectivity index (χ3n) is 2.20. The average Bonchev–Trinajstić information content (AvgIpc) is 2.26. The van der Waals surface area contributed by atoms with Gasteiger partial charge in [-0.3, -0.25) is 20.2 Å². The molecule has 0 fully saturated rings. The zero-order valence-corrected chi connectivity index (χ0v) is 8.98. The van der Waals surface area contributed by atoms with E-state index in [2.05, 4.69) is 6.92 Å². The van der Waals surface area contributed by atoms with Gasteiger partial charge in [0.2, 0.25) is 12.3 Å². The number of nitrogens with two attached hydrogens (primary N) is 1. The maximum absolute atomic E-state index is 11.3. The maximum Gasteiger partial charge on any atom is 0.238 e. The molecule has 0 aliphatic carbocycles. The molecule has 0 bridgehead atoms. The van der Waals surface area contributed by atoms with Gasteiger partial charge in [0.25, 0.3) is 0 Å². The van der Waals surface area contributed by atoms with E-state index in [9.17, 15) is 9.59 Å². The van der Waals surface area contributed by atoms with Crippen molar-refractivity contribution in [1.29, 1.82) is 0 Å². The van der Waals surface area contributed by atoms with Gasteiger partial charge in [-0.25, -0.2) is 10.9 Å². The van der Waals surface area contributed by atoms with E-state index < -0.39 is 5.92 Å². The Hall–Kier alpha value is -1.14. The highest BCUT2D eigenvalue weighted by Gasteiger charge is 2.19. The van der Waals surface area contributed by atoms with E-state index in [1.165, 1.54) is 0 Å². The molecule has 2 amide bonds. The zero-order valence-electron chi connectivity index (χ0n) is 8.98. The molecular formula is C9H19N3O3. The largest absolute Gasteiger partial charge is 0.294 e. The monoisotopic (exact) mass is 217 g/mol. The molecule has 88 valence electrons. The summed E-state index contributed by atoms with van der Waals surface area (Å²) in [4.78, 5) is 21.5. The molecule has 0 aliphatic rings. The second-order valence-corrected chi connectivity index (χ2v) is 3.43. The van der Waals surface area contributed by atoms with Crippen LogP contribution in [0.2, 0.25) is 0 Å². The van der Waals surface area contributed by atoms with Gasteiger partial charge in [0.1, 0.15) is 0 Å². The highest BCUT2D eigenvalue weighted by molar-refractivity contribution is 5.78. The molecule has 0 unspecified atom stereocenters. The zero-order chi connectivity index (χ0) is 11.7. The average molecular weight is 217 g/mol. The summed E-state index contributed by atoms with van der Waals surface area (Å²) in [5, 5.41) is 9.44. The fraction of sp³-hybridized carbons (Fsp3) is 0.778. The van der Waals surface area contributed by atoms with Crippen LogP contribution >= 0.6 is 0 Å². The summed E-state index contributed by atoms with van der Waals surface area (Å²) in [7, 11) is 0. The van der Waals surface area contributed by atoms with Gasteiger partial charge < -0.3 is 0 Å². The van der Waals surface area contributed by atoms with Crippen molar-refractivity contribution < 1.29 is 14.8 Å². The molecule has 0 aliphatic heterocycles. The van der Waals surface area contributed by atoms with Crippen molar-refractivity contribution in [2.45, 2.75) is 32.6 Å². The number of hydroxylamine groups is 2. The number of nitrogens with one attached hydrogen (secondary N) is 1. The first kappa shape index (κ1) is 13.9.